The Labute approximate surface area is 187 Å². The van der Waals surface area contributed by atoms with Crippen LogP contribution in [-0.4, -0.2) is 18.1 Å². The summed E-state index contributed by atoms with van der Waals surface area (Å²) < 4.78 is 20.5. The van der Waals surface area contributed by atoms with Gasteiger partial charge in [0.05, 0.1) is 13.2 Å². The number of rotatable bonds is 25. The van der Waals surface area contributed by atoms with Gasteiger partial charge in [-0.25, -0.2) is 9.45 Å². The third kappa shape index (κ3) is 24.3. The minimum absolute atomic E-state index is 0.191. The van der Waals surface area contributed by atoms with Crippen LogP contribution in [-0.2, 0) is 18.7 Å². The van der Waals surface area contributed by atoms with E-state index in [9.17, 15) is 9.46 Å². The van der Waals surface area contributed by atoms with Gasteiger partial charge in [-0.3, -0.25) is 4.52 Å². The maximum atomic E-state index is 11.4. The molecule has 0 aromatic carbocycles. The zero-order valence-electron chi connectivity index (χ0n) is 20.1. The Kier molecular flexibility index (Phi) is 23.8. The Hall–Kier alpha value is 0.0700. The molecule has 1 unspecified atom stereocenters. The lowest BCUT2D eigenvalue weighted by atomic mass is 10.0. The molecule has 30 heavy (non-hydrogen) atoms. The lowest BCUT2D eigenvalue weighted by molar-refractivity contribution is -0.225. The minimum atomic E-state index is -4.03. The third-order valence-electron chi connectivity index (χ3n) is 5.44. The number of hydrogen-bond acceptors (Lipinski definition) is 4. The molecule has 0 spiro atoms. The molecule has 0 aliphatic carbocycles. The summed E-state index contributed by atoms with van der Waals surface area (Å²) >= 11 is 0. The van der Waals surface area contributed by atoms with E-state index in [4.69, 9.17) is 4.89 Å². The number of phosphoric ester groups is 1. The van der Waals surface area contributed by atoms with Gasteiger partial charge in [-0.15, -0.1) is 4.67 Å². The van der Waals surface area contributed by atoms with Crippen molar-refractivity contribution in [3.05, 3.63) is 0 Å². The molecule has 0 aromatic heterocycles. The third-order valence-corrected chi connectivity index (χ3v) is 6.24. The monoisotopic (exact) mass is 450 g/mol. The summed E-state index contributed by atoms with van der Waals surface area (Å²) in [6, 6.07) is 0. The predicted molar refractivity (Wildman–Crippen MR) is 127 cm³/mol. The van der Waals surface area contributed by atoms with Crippen molar-refractivity contribution in [3.8, 4) is 0 Å². The van der Waals surface area contributed by atoms with Crippen LogP contribution >= 0.6 is 7.82 Å². The molecular weight excluding hydrogens is 399 g/mol. The summed E-state index contributed by atoms with van der Waals surface area (Å²) in [6.45, 7) is 4.66. The van der Waals surface area contributed by atoms with Gasteiger partial charge in [0.2, 0.25) is 0 Å². The van der Waals surface area contributed by atoms with Gasteiger partial charge in [-0.1, -0.05) is 129 Å². The van der Waals surface area contributed by atoms with Crippen molar-refractivity contribution in [2.24, 2.45) is 0 Å². The maximum Gasteiger partial charge on any atom is 0.499 e. The molecule has 0 aromatic rings. The molecule has 0 bridgehead atoms. The number of unbranched alkanes of at least 4 members (excludes halogenated alkanes) is 18. The van der Waals surface area contributed by atoms with E-state index in [0.717, 1.165) is 12.8 Å². The molecule has 5 nitrogen and oxygen atoms in total. The van der Waals surface area contributed by atoms with Gasteiger partial charge in [0.25, 0.3) is 0 Å². The van der Waals surface area contributed by atoms with E-state index in [1.165, 1.54) is 109 Å². The van der Waals surface area contributed by atoms with Crippen LogP contribution in [0, 0.1) is 0 Å². The van der Waals surface area contributed by atoms with Gasteiger partial charge < -0.3 is 4.89 Å². The summed E-state index contributed by atoms with van der Waals surface area (Å²) in [4.78, 5) is 14.1. The fourth-order valence-corrected chi connectivity index (χ4v) is 4.24. The van der Waals surface area contributed by atoms with Gasteiger partial charge in [0.15, 0.2) is 0 Å². The molecule has 0 rings (SSSR count). The molecule has 0 fully saturated rings. The average Bonchev–Trinajstić information content (AvgIpc) is 2.73. The van der Waals surface area contributed by atoms with Crippen molar-refractivity contribution in [1.29, 1.82) is 0 Å². The minimum Gasteiger partial charge on any atom is -0.301 e. The second-order valence-corrected chi connectivity index (χ2v) is 9.91. The van der Waals surface area contributed by atoms with E-state index in [0.29, 0.717) is 13.0 Å². The molecule has 0 saturated carbocycles. The van der Waals surface area contributed by atoms with Crippen molar-refractivity contribution in [3.63, 3.8) is 0 Å². The van der Waals surface area contributed by atoms with Crippen LogP contribution in [0.2, 0.25) is 0 Å². The molecule has 6 heteroatoms. The quantitative estimate of drug-likeness (QED) is 0.0651. The van der Waals surface area contributed by atoms with Crippen molar-refractivity contribution in [2.45, 2.75) is 142 Å². The Morgan fingerprint density at radius 1 is 0.533 bits per heavy atom. The molecule has 0 amide bonds. The first kappa shape index (κ1) is 30.1. The highest BCUT2D eigenvalue weighted by Gasteiger charge is 2.21. The van der Waals surface area contributed by atoms with E-state index in [1.807, 2.05) is 6.92 Å². The smallest absolute Gasteiger partial charge is 0.301 e. The largest absolute Gasteiger partial charge is 0.499 e. The van der Waals surface area contributed by atoms with Crippen molar-refractivity contribution >= 4 is 7.82 Å². The summed E-state index contributed by atoms with van der Waals surface area (Å²) in [5, 5.41) is 0. The first-order valence-corrected chi connectivity index (χ1v) is 14.4. The Bertz CT molecular complexity index is 379. The van der Waals surface area contributed by atoms with Crippen LogP contribution in [0.5, 0.6) is 0 Å². The van der Waals surface area contributed by atoms with Crippen molar-refractivity contribution < 1.29 is 23.5 Å². The van der Waals surface area contributed by atoms with E-state index in [2.05, 4.69) is 16.1 Å². The molecule has 0 heterocycles. The molecule has 1 atom stereocenters. The van der Waals surface area contributed by atoms with Crippen LogP contribution in [0.4, 0.5) is 0 Å². The summed E-state index contributed by atoms with van der Waals surface area (Å²) in [5.41, 5.74) is 0. The Morgan fingerprint density at radius 2 is 0.900 bits per heavy atom. The van der Waals surface area contributed by atoms with Crippen LogP contribution in [0.15, 0.2) is 0 Å². The lowest BCUT2D eigenvalue weighted by Gasteiger charge is -2.10. The van der Waals surface area contributed by atoms with Crippen molar-refractivity contribution in [1.82, 2.24) is 0 Å². The fraction of sp³-hybridized carbons (Fsp3) is 1.00. The second kappa shape index (κ2) is 23.7. The topological polar surface area (TPSA) is 65.0 Å². The molecule has 0 saturated heterocycles. The fourth-order valence-electron chi connectivity index (χ4n) is 3.57. The highest BCUT2D eigenvalue weighted by molar-refractivity contribution is 7.47. The van der Waals surface area contributed by atoms with Crippen LogP contribution in [0.25, 0.3) is 0 Å². The molecule has 0 aliphatic rings. The van der Waals surface area contributed by atoms with Crippen molar-refractivity contribution in [2.75, 3.05) is 13.2 Å². The Morgan fingerprint density at radius 3 is 1.27 bits per heavy atom. The average molecular weight is 451 g/mol. The number of hydrogen-bond donors (Lipinski definition) is 1. The van der Waals surface area contributed by atoms with E-state index >= 15 is 0 Å². The van der Waals surface area contributed by atoms with E-state index in [-0.39, 0.29) is 6.61 Å². The Balaban J connectivity index is 3.12. The van der Waals surface area contributed by atoms with Gasteiger partial charge in [-0.05, 0) is 12.8 Å². The zero-order valence-corrected chi connectivity index (χ0v) is 21.0. The lowest BCUT2D eigenvalue weighted by Crippen LogP contribution is -1.99. The second-order valence-electron chi connectivity index (χ2n) is 8.56. The SMILES string of the molecule is CCCCCCCCCCCCCCCCCCCCCOOP(=O)(O)OCCC. The molecule has 182 valence electrons. The molecule has 0 aliphatic heterocycles. The van der Waals surface area contributed by atoms with Gasteiger partial charge in [0, 0.05) is 0 Å². The molecule has 0 radical (unpaired) electrons. The molecular formula is C24H51O5P. The van der Waals surface area contributed by atoms with E-state index in [1.54, 1.807) is 0 Å². The van der Waals surface area contributed by atoms with Gasteiger partial charge >= 0.3 is 7.82 Å². The maximum absolute atomic E-state index is 11.4. The van der Waals surface area contributed by atoms with Gasteiger partial charge in [0.1, 0.15) is 0 Å². The van der Waals surface area contributed by atoms with Crippen LogP contribution in [0.3, 0.4) is 0 Å². The first-order valence-electron chi connectivity index (χ1n) is 12.9. The molecule has 1 N–H and O–H groups in total. The van der Waals surface area contributed by atoms with Crippen LogP contribution in [0.1, 0.15) is 142 Å². The predicted octanol–water partition coefficient (Wildman–Crippen LogP) is 8.89. The summed E-state index contributed by atoms with van der Waals surface area (Å²) in [6.07, 6.45) is 26.1. The standard InChI is InChI=1S/C24H51O5P/c1-3-5-6-7-8-9-10-11-12-13-14-15-16-17-18-19-20-21-22-24-27-29-30(25,26)28-23-4-2/h3-24H2,1-2H3,(H,25,26). The summed E-state index contributed by atoms with van der Waals surface area (Å²) in [5.74, 6) is 0. The van der Waals surface area contributed by atoms with Crippen LogP contribution < -0.4 is 0 Å². The van der Waals surface area contributed by atoms with Gasteiger partial charge in [-0.2, -0.15) is 0 Å². The summed E-state index contributed by atoms with van der Waals surface area (Å²) in [7, 11) is -4.03. The first-order chi connectivity index (χ1) is 14.6. The highest BCUT2D eigenvalue weighted by atomic mass is 31.2. The normalized spacial score (nSPS) is 13.6. The highest BCUT2D eigenvalue weighted by Crippen LogP contribution is 2.43. The number of phosphoric acid groups is 1. The van der Waals surface area contributed by atoms with E-state index < -0.39 is 7.82 Å². The zero-order chi connectivity index (χ0) is 22.2.